The monoisotopic (exact) mass is 236 g/mol. The minimum atomic E-state index is -2.76. The molecule has 3 nitrogen and oxygen atoms in total. The van der Waals surface area contributed by atoms with Gasteiger partial charge in [0, 0.05) is 0 Å². The third-order valence-corrected chi connectivity index (χ3v) is 3.06. The first-order valence-corrected chi connectivity index (χ1v) is 7.36. The average Bonchev–Trinajstić information content (AvgIpc) is 2.17. The lowest BCUT2D eigenvalue weighted by Gasteiger charge is -2.15. The van der Waals surface area contributed by atoms with E-state index in [1.807, 2.05) is 0 Å². The molecule has 0 radical (unpaired) electrons. The maximum atomic E-state index is 10.6. The van der Waals surface area contributed by atoms with Crippen LogP contribution in [0.2, 0.25) is 0 Å². The second-order valence-electron chi connectivity index (χ2n) is 4.00. The molecule has 1 unspecified atom stereocenters. The molecule has 0 aromatic carbocycles. The van der Waals surface area contributed by atoms with Gasteiger partial charge in [-0.15, -0.1) is 0 Å². The van der Waals surface area contributed by atoms with Crippen LogP contribution >= 0.6 is 8.25 Å². The van der Waals surface area contributed by atoms with Crippen LogP contribution in [-0.2, 0) is 9.09 Å². The van der Waals surface area contributed by atoms with Gasteiger partial charge in [0.15, 0.2) is 0 Å². The molecule has 4 heteroatoms. The Labute approximate surface area is 94.2 Å². The first kappa shape index (κ1) is 15.2. The molecule has 0 saturated carbocycles. The van der Waals surface area contributed by atoms with Crippen LogP contribution in [0.1, 0.15) is 65.2 Å². The molecule has 0 aliphatic carbocycles. The smallest absolute Gasteiger partial charge is 0.316 e. The van der Waals surface area contributed by atoms with Crippen LogP contribution in [0.3, 0.4) is 0 Å². The second-order valence-corrected chi connectivity index (χ2v) is 4.76. The highest BCUT2D eigenvalue weighted by atomic mass is 31.1. The van der Waals surface area contributed by atoms with Crippen LogP contribution < -0.4 is 0 Å². The minimum Gasteiger partial charge on any atom is -0.326 e. The Hall–Kier alpha value is 0.150. The van der Waals surface area contributed by atoms with Crippen LogP contribution in [-0.4, -0.2) is 11.0 Å². The molecule has 0 aliphatic rings. The van der Waals surface area contributed by atoms with Crippen molar-refractivity contribution in [3.05, 3.63) is 0 Å². The summed E-state index contributed by atoms with van der Waals surface area (Å²) in [6.45, 7) is 4.31. The Morgan fingerprint density at radius 2 is 1.53 bits per heavy atom. The van der Waals surface area contributed by atoms with Crippen molar-refractivity contribution in [3.63, 3.8) is 0 Å². The van der Waals surface area contributed by atoms with E-state index in [9.17, 15) is 4.57 Å². The van der Waals surface area contributed by atoms with Gasteiger partial charge in [0.2, 0.25) is 0 Å². The maximum Gasteiger partial charge on any atom is 0.316 e. The van der Waals surface area contributed by atoms with Gasteiger partial charge in [-0.2, -0.15) is 0 Å². The predicted octanol–water partition coefficient (Wildman–Crippen LogP) is 3.91. The van der Waals surface area contributed by atoms with E-state index >= 15 is 0 Å². The molecule has 0 aromatic heterocycles. The summed E-state index contributed by atoms with van der Waals surface area (Å²) >= 11 is 0. The summed E-state index contributed by atoms with van der Waals surface area (Å²) in [5, 5.41) is 0. The molecule has 0 amide bonds. The van der Waals surface area contributed by atoms with Gasteiger partial charge >= 0.3 is 8.25 Å². The Bertz CT molecular complexity index is 152. The van der Waals surface area contributed by atoms with E-state index in [1.165, 1.54) is 25.7 Å². The van der Waals surface area contributed by atoms with E-state index in [-0.39, 0.29) is 6.10 Å². The molecule has 92 valence electrons. The van der Waals surface area contributed by atoms with Crippen LogP contribution in [0.15, 0.2) is 0 Å². The number of hydrogen-bond acceptors (Lipinski definition) is 2. The largest absolute Gasteiger partial charge is 0.326 e. The number of rotatable bonds is 10. The first-order chi connectivity index (χ1) is 7.20. The van der Waals surface area contributed by atoms with Crippen LogP contribution in [0.5, 0.6) is 0 Å². The third kappa shape index (κ3) is 10.4. The molecule has 15 heavy (non-hydrogen) atoms. The van der Waals surface area contributed by atoms with Crippen LogP contribution in [0.4, 0.5) is 0 Å². The second kappa shape index (κ2) is 10.7. The van der Waals surface area contributed by atoms with Crippen molar-refractivity contribution in [2.24, 2.45) is 0 Å². The van der Waals surface area contributed by atoms with Gasteiger partial charge < -0.3 is 9.42 Å². The third-order valence-electron chi connectivity index (χ3n) is 2.53. The Kier molecular flexibility index (Phi) is 10.8. The zero-order chi connectivity index (χ0) is 11.5. The SMILES string of the molecule is CCCCCC(CCCCC)O[PH](=O)O. The minimum absolute atomic E-state index is 0.000473. The van der Waals surface area contributed by atoms with Crippen LogP contribution in [0.25, 0.3) is 0 Å². The highest BCUT2D eigenvalue weighted by molar-refractivity contribution is 7.32. The van der Waals surface area contributed by atoms with Gasteiger partial charge in [-0.05, 0) is 12.8 Å². The summed E-state index contributed by atoms with van der Waals surface area (Å²) in [4.78, 5) is 8.76. The molecule has 1 atom stereocenters. The van der Waals surface area contributed by atoms with Crippen molar-refractivity contribution in [1.29, 1.82) is 0 Å². The fraction of sp³-hybridized carbons (Fsp3) is 1.00. The predicted molar refractivity (Wildman–Crippen MR) is 64.4 cm³/mol. The highest BCUT2D eigenvalue weighted by Crippen LogP contribution is 2.24. The van der Waals surface area contributed by atoms with E-state index in [4.69, 9.17) is 9.42 Å². The zero-order valence-corrected chi connectivity index (χ0v) is 11.0. The van der Waals surface area contributed by atoms with Gasteiger partial charge in [-0.25, -0.2) is 0 Å². The van der Waals surface area contributed by atoms with E-state index in [2.05, 4.69) is 13.8 Å². The molecule has 0 fully saturated rings. The normalized spacial score (nSPS) is 13.3. The molecule has 1 N–H and O–H groups in total. The zero-order valence-electron chi connectivity index (χ0n) is 10.00. The topological polar surface area (TPSA) is 46.5 Å². The molecular weight excluding hydrogens is 211 g/mol. The molecule has 0 heterocycles. The van der Waals surface area contributed by atoms with Crippen molar-refractivity contribution in [2.75, 3.05) is 0 Å². The van der Waals surface area contributed by atoms with E-state index < -0.39 is 8.25 Å². The van der Waals surface area contributed by atoms with Gasteiger partial charge in [0.25, 0.3) is 0 Å². The lowest BCUT2D eigenvalue weighted by atomic mass is 10.0. The first-order valence-electron chi connectivity index (χ1n) is 6.10. The number of unbranched alkanes of at least 4 members (excludes halogenated alkanes) is 4. The highest BCUT2D eigenvalue weighted by Gasteiger charge is 2.10. The average molecular weight is 236 g/mol. The van der Waals surface area contributed by atoms with Gasteiger partial charge in [-0.1, -0.05) is 52.4 Å². The Morgan fingerprint density at radius 1 is 1.07 bits per heavy atom. The van der Waals surface area contributed by atoms with E-state index in [0.29, 0.717) is 0 Å². The summed E-state index contributed by atoms with van der Waals surface area (Å²) < 4.78 is 15.7. The fourth-order valence-electron chi connectivity index (χ4n) is 1.65. The molecular formula is C11H25O3P. The molecule has 0 aliphatic heterocycles. The van der Waals surface area contributed by atoms with Crippen LogP contribution in [0, 0.1) is 0 Å². The quantitative estimate of drug-likeness (QED) is 0.462. The van der Waals surface area contributed by atoms with Crippen molar-refractivity contribution in [3.8, 4) is 0 Å². The molecule has 0 saturated heterocycles. The van der Waals surface area contributed by atoms with Crippen molar-refractivity contribution < 1.29 is 14.0 Å². The summed E-state index contributed by atoms with van der Waals surface area (Å²) in [5.74, 6) is 0. The van der Waals surface area contributed by atoms with Gasteiger partial charge in [0.1, 0.15) is 0 Å². The van der Waals surface area contributed by atoms with Gasteiger partial charge in [-0.3, -0.25) is 4.57 Å². The van der Waals surface area contributed by atoms with Crippen molar-refractivity contribution >= 4 is 8.25 Å². The summed E-state index contributed by atoms with van der Waals surface area (Å²) in [6.07, 6.45) is 8.76. The van der Waals surface area contributed by atoms with E-state index in [0.717, 1.165) is 25.7 Å². The summed E-state index contributed by atoms with van der Waals surface area (Å²) in [5.41, 5.74) is 0. The molecule has 0 aromatic rings. The van der Waals surface area contributed by atoms with E-state index in [1.54, 1.807) is 0 Å². The maximum absolute atomic E-state index is 10.6. The molecule has 0 bridgehead atoms. The van der Waals surface area contributed by atoms with Crippen molar-refractivity contribution in [2.45, 2.75) is 71.3 Å². The molecule has 0 spiro atoms. The summed E-state index contributed by atoms with van der Waals surface area (Å²) in [6, 6.07) is 0. The lowest BCUT2D eigenvalue weighted by Crippen LogP contribution is -2.09. The lowest BCUT2D eigenvalue weighted by molar-refractivity contribution is 0.163. The number of hydrogen-bond donors (Lipinski definition) is 1. The van der Waals surface area contributed by atoms with Gasteiger partial charge in [0.05, 0.1) is 6.10 Å². The van der Waals surface area contributed by atoms with Crippen molar-refractivity contribution in [1.82, 2.24) is 0 Å². The fourth-order valence-corrected chi connectivity index (χ4v) is 2.17. The molecule has 0 rings (SSSR count). The Morgan fingerprint density at radius 3 is 1.87 bits per heavy atom. The summed E-state index contributed by atoms with van der Waals surface area (Å²) in [7, 11) is -2.76. The standard InChI is InChI=1S/C11H25O3P/c1-3-5-7-9-11(14-15(12)13)10-8-6-4-2/h11,15H,3-10H2,1-2H3,(H,12,13). The Balaban J connectivity index is 3.68.